The van der Waals surface area contributed by atoms with E-state index in [1.165, 1.54) is 6.42 Å². The van der Waals surface area contributed by atoms with Crippen LogP contribution in [0.3, 0.4) is 0 Å². The summed E-state index contributed by atoms with van der Waals surface area (Å²) >= 11 is 0. The van der Waals surface area contributed by atoms with E-state index in [0.717, 1.165) is 32.1 Å². The number of hydrogen-bond acceptors (Lipinski definition) is 1. The van der Waals surface area contributed by atoms with Gasteiger partial charge in [0.1, 0.15) is 0 Å². The second kappa shape index (κ2) is 6.14. The summed E-state index contributed by atoms with van der Waals surface area (Å²) in [5, 5.41) is 2.85. The molecule has 2 saturated carbocycles. The first-order valence-corrected chi connectivity index (χ1v) is 7.35. The molecule has 0 bridgehead atoms. The fourth-order valence-corrected chi connectivity index (χ4v) is 3.39. The lowest BCUT2D eigenvalue weighted by atomic mass is 9.78. The third-order valence-electron chi connectivity index (χ3n) is 4.47. The number of carbonyl (C=O) groups excluding carboxylic acids is 1. The maximum Gasteiger partial charge on any atom is 0.392 e. The van der Waals surface area contributed by atoms with Gasteiger partial charge in [-0.3, -0.25) is 4.79 Å². The Morgan fingerprint density at radius 3 is 2.11 bits per heavy atom. The highest BCUT2D eigenvalue weighted by atomic mass is 19.4. The van der Waals surface area contributed by atoms with Crippen LogP contribution in [0.15, 0.2) is 0 Å². The van der Waals surface area contributed by atoms with E-state index in [2.05, 4.69) is 5.32 Å². The van der Waals surface area contributed by atoms with Crippen LogP contribution in [0.5, 0.6) is 0 Å². The van der Waals surface area contributed by atoms with Gasteiger partial charge in [-0.05, 0) is 25.7 Å². The smallest absolute Gasteiger partial charge is 0.353 e. The van der Waals surface area contributed by atoms with Gasteiger partial charge in [0.05, 0.1) is 5.92 Å². The van der Waals surface area contributed by atoms with Crippen LogP contribution in [0.25, 0.3) is 0 Å². The zero-order valence-electron chi connectivity index (χ0n) is 11.1. The summed E-state index contributed by atoms with van der Waals surface area (Å²) in [6, 6.07) is 0.0945. The number of alkyl halides is 3. The van der Waals surface area contributed by atoms with E-state index in [-0.39, 0.29) is 18.4 Å². The quantitative estimate of drug-likeness (QED) is 0.817. The maximum atomic E-state index is 13.0. The molecule has 0 aromatic carbocycles. The van der Waals surface area contributed by atoms with Crippen molar-refractivity contribution in [3.05, 3.63) is 0 Å². The minimum Gasteiger partial charge on any atom is -0.353 e. The molecule has 2 nitrogen and oxygen atoms in total. The van der Waals surface area contributed by atoms with E-state index in [0.29, 0.717) is 12.8 Å². The molecule has 2 aliphatic carbocycles. The second-order valence-electron chi connectivity index (χ2n) is 5.88. The maximum absolute atomic E-state index is 13.0. The first-order chi connectivity index (χ1) is 8.98. The van der Waals surface area contributed by atoms with Crippen molar-refractivity contribution in [3.63, 3.8) is 0 Å². The molecule has 1 amide bonds. The van der Waals surface area contributed by atoms with Gasteiger partial charge in [-0.25, -0.2) is 0 Å². The second-order valence-corrected chi connectivity index (χ2v) is 5.88. The zero-order chi connectivity index (χ0) is 13.9. The lowest BCUT2D eigenvalue weighted by Gasteiger charge is -2.33. The molecular formula is C14H22F3NO. The molecule has 0 saturated heterocycles. The van der Waals surface area contributed by atoms with Crippen LogP contribution in [0, 0.1) is 11.8 Å². The normalized spacial score (nSPS) is 30.1. The van der Waals surface area contributed by atoms with Crippen LogP contribution in [0.4, 0.5) is 13.2 Å². The van der Waals surface area contributed by atoms with E-state index in [1.807, 2.05) is 0 Å². The van der Waals surface area contributed by atoms with Crippen LogP contribution in [0.2, 0.25) is 0 Å². The molecule has 2 aliphatic rings. The topological polar surface area (TPSA) is 29.1 Å². The minimum absolute atomic E-state index is 0.0945. The summed E-state index contributed by atoms with van der Waals surface area (Å²) in [4.78, 5) is 12.1. The lowest BCUT2D eigenvalue weighted by Crippen LogP contribution is -2.46. The Kier molecular flexibility index (Phi) is 4.74. The molecule has 2 rings (SSSR count). The summed E-state index contributed by atoms with van der Waals surface area (Å²) in [5.41, 5.74) is 0. The van der Waals surface area contributed by atoms with E-state index in [4.69, 9.17) is 0 Å². The molecule has 110 valence electrons. The SMILES string of the molecule is O=C(NC1CCCCC1)C1CCCCC1C(F)(F)F. The first kappa shape index (κ1) is 14.7. The average Bonchev–Trinajstić information content (AvgIpc) is 2.39. The lowest BCUT2D eigenvalue weighted by molar-refractivity contribution is -0.198. The summed E-state index contributed by atoms with van der Waals surface area (Å²) in [7, 11) is 0. The molecule has 2 unspecified atom stereocenters. The van der Waals surface area contributed by atoms with Crippen molar-refractivity contribution in [2.75, 3.05) is 0 Å². The average molecular weight is 277 g/mol. The molecule has 2 fully saturated rings. The van der Waals surface area contributed by atoms with Crippen molar-refractivity contribution in [1.29, 1.82) is 0 Å². The highest BCUT2D eigenvalue weighted by Crippen LogP contribution is 2.41. The Hall–Kier alpha value is -0.740. The minimum atomic E-state index is -4.24. The van der Waals surface area contributed by atoms with Gasteiger partial charge in [0.25, 0.3) is 0 Å². The first-order valence-electron chi connectivity index (χ1n) is 7.35. The van der Waals surface area contributed by atoms with Crippen molar-refractivity contribution in [3.8, 4) is 0 Å². The number of carbonyl (C=O) groups is 1. The Morgan fingerprint density at radius 2 is 1.47 bits per heavy atom. The number of hydrogen-bond donors (Lipinski definition) is 1. The van der Waals surface area contributed by atoms with Crippen LogP contribution in [-0.4, -0.2) is 18.1 Å². The Labute approximate surface area is 112 Å². The highest BCUT2D eigenvalue weighted by Gasteiger charge is 2.48. The van der Waals surface area contributed by atoms with E-state index < -0.39 is 18.0 Å². The van der Waals surface area contributed by atoms with Gasteiger partial charge in [-0.1, -0.05) is 32.1 Å². The van der Waals surface area contributed by atoms with Crippen LogP contribution in [0.1, 0.15) is 57.8 Å². The highest BCUT2D eigenvalue weighted by molar-refractivity contribution is 5.79. The predicted octanol–water partition coefficient (Wildman–Crippen LogP) is 3.80. The van der Waals surface area contributed by atoms with Crippen LogP contribution >= 0.6 is 0 Å². The molecule has 19 heavy (non-hydrogen) atoms. The van der Waals surface area contributed by atoms with E-state index >= 15 is 0 Å². The van der Waals surface area contributed by atoms with Crippen molar-refractivity contribution < 1.29 is 18.0 Å². The van der Waals surface area contributed by atoms with Gasteiger partial charge in [-0.2, -0.15) is 13.2 Å². The van der Waals surface area contributed by atoms with Gasteiger partial charge in [-0.15, -0.1) is 0 Å². The zero-order valence-corrected chi connectivity index (χ0v) is 11.1. The molecule has 0 radical (unpaired) electrons. The van der Waals surface area contributed by atoms with Crippen molar-refractivity contribution in [1.82, 2.24) is 5.32 Å². The van der Waals surface area contributed by atoms with Gasteiger partial charge < -0.3 is 5.32 Å². The molecule has 5 heteroatoms. The number of rotatable bonds is 2. The molecular weight excluding hydrogens is 255 g/mol. The molecule has 0 aromatic heterocycles. The van der Waals surface area contributed by atoms with Gasteiger partial charge in [0.2, 0.25) is 5.91 Å². The van der Waals surface area contributed by atoms with Crippen molar-refractivity contribution >= 4 is 5.91 Å². The standard InChI is InChI=1S/C14H22F3NO/c15-14(16,17)12-9-5-4-8-11(12)13(19)18-10-6-2-1-3-7-10/h10-12H,1-9H2,(H,18,19). The van der Waals surface area contributed by atoms with E-state index in [1.54, 1.807) is 0 Å². The van der Waals surface area contributed by atoms with Crippen LogP contribution in [-0.2, 0) is 4.79 Å². The summed E-state index contributed by atoms with van der Waals surface area (Å²) in [5.74, 6) is -2.67. The molecule has 2 atom stereocenters. The predicted molar refractivity (Wildman–Crippen MR) is 66.5 cm³/mol. The molecule has 1 N–H and O–H groups in total. The van der Waals surface area contributed by atoms with Crippen molar-refractivity contribution in [2.45, 2.75) is 70.0 Å². The molecule has 0 spiro atoms. The summed E-state index contributed by atoms with van der Waals surface area (Å²) in [6.45, 7) is 0. The van der Waals surface area contributed by atoms with Crippen molar-refractivity contribution in [2.24, 2.45) is 11.8 Å². The van der Waals surface area contributed by atoms with Crippen LogP contribution < -0.4 is 5.32 Å². The Bertz CT molecular complexity index is 310. The molecule has 0 aromatic rings. The molecule has 0 aliphatic heterocycles. The Morgan fingerprint density at radius 1 is 0.895 bits per heavy atom. The van der Waals surface area contributed by atoms with Gasteiger partial charge in [0, 0.05) is 12.0 Å². The Balaban J connectivity index is 1.95. The molecule has 0 heterocycles. The van der Waals surface area contributed by atoms with Gasteiger partial charge >= 0.3 is 6.18 Å². The van der Waals surface area contributed by atoms with Gasteiger partial charge in [0.15, 0.2) is 0 Å². The number of amides is 1. The number of halogens is 3. The van der Waals surface area contributed by atoms with E-state index in [9.17, 15) is 18.0 Å². The monoisotopic (exact) mass is 277 g/mol. The fourth-order valence-electron chi connectivity index (χ4n) is 3.39. The third-order valence-corrected chi connectivity index (χ3v) is 4.47. The third kappa shape index (κ3) is 3.86. The summed E-state index contributed by atoms with van der Waals surface area (Å²) in [6.07, 6.45) is 2.68. The number of nitrogens with one attached hydrogen (secondary N) is 1. The fraction of sp³-hybridized carbons (Fsp3) is 0.929. The summed E-state index contributed by atoms with van der Waals surface area (Å²) < 4.78 is 38.9. The largest absolute Gasteiger partial charge is 0.392 e.